The normalized spacial score (nSPS) is 10.5. The standard InChI is InChI=1S/C19H18ClFN4/c1-13-12-18(24-17-8-4-15(20)5-9-17)25-19(23-13)22-11-10-14-2-6-16(21)7-3-14/h2-9,12H,10-11H2,1H3,(H2,22,23,24,25). The maximum Gasteiger partial charge on any atom is 0.224 e. The molecule has 0 atom stereocenters. The quantitative estimate of drug-likeness (QED) is 0.654. The zero-order valence-electron chi connectivity index (χ0n) is 13.8. The van der Waals surface area contributed by atoms with E-state index in [-0.39, 0.29) is 5.82 Å². The molecule has 0 saturated heterocycles. The van der Waals surface area contributed by atoms with Gasteiger partial charge < -0.3 is 10.6 Å². The van der Waals surface area contributed by atoms with Crippen molar-refractivity contribution in [1.82, 2.24) is 9.97 Å². The van der Waals surface area contributed by atoms with Gasteiger partial charge >= 0.3 is 0 Å². The van der Waals surface area contributed by atoms with Gasteiger partial charge in [0.05, 0.1) is 0 Å². The van der Waals surface area contributed by atoms with E-state index in [0.29, 0.717) is 23.3 Å². The maximum atomic E-state index is 12.9. The zero-order valence-corrected chi connectivity index (χ0v) is 14.5. The number of aromatic nitrogens is 2. The van der Waals surface area contributed by atoms with Crippen molar-refractivity contribution in [3.05, 3.63) is 76.7 Å². The number of nitrogens with one attached hydrogen (secondary N) is 2. The topological polar surface area (TPSA) is 49.8 Å². The Morgan fingerprint density at radius 2 is 1.72 bits per heavy atom. The third-order valence-electron chi connectivity index (χ3n) is 3.58. The number of anilines is 3. The van der Waals surface area contributed by atoms with Gasteiger partial charge in [-0.2, -0.15) is 4.98 Å². The minimum atomic E-state index is -0.225. The second-order valence-electron chi connectivity index (χ2n) is 5.65. The van der Waals surface area contributed by atoms with Gasteiger partial charge in [-0.15, -0.1) is 0 Å². The fourth-order valence-corrected chi connectivity index (χ4v) is 2.49. The summed E-state index contributed by atoms with van der Waals surface area (Å²) in [4.78, 5) is 8.86. The van der Waals surface area contributed by atoms with Crippen LogP contribution in [0.4, 0.5) is 21.8 Å². The van der Waals surface area contributed by atoms with E-state index >= 15 is 0 Å². The molecule has 0 saturated carbocycles. The summed E-state index contributed by atoms with van der Waals surface area (Å²) in [5, 5.41) is 7.13. The first-order chi connectivity index (χ1) is 12.1. The van der Waals surface area contributed by atoms with Gasteiger partial charge in [-0.05, 0) is 55.3 Å². The molecule has 0 spiro atoms. The summed E-state index contributed by atoms with van der Waals surface area (Å²) in [5.74, 6) is 1.04. The summed E-state index contributed by atoms with van der Waals surface area (Å²) < 4.78 is 12.9. The highest BCUT2D eigenvalue weighted by molar-refractivity contribution is 6.30. The fraction of sp³-hybridized carbons (Fsp3) is 0.158. The average Bonchev–Trinajstić information content (AvgIpc) is 2.58. The van der Waals surface area contributed by atoms with Crippen LogP contribution < -0.4 is 10.6 Å². The molecule has 2 aromatic carbocycles. The molecule has 0 amide bonds. The van der Waals surface area contributed by atoms with Gasteiger partial charge in [-0.1, -0.05) is 23.7 Å². The van der Waals surface area contributed by atoms with E-state index in [0.717, 1.165) is 23.4 Å². The molecule has 0 unspecified atom stereocenters. The molecular formula is C19H18ClFN4. The molecule has 6 heteroatoms. The molecular weight excluding hydrogens is 339 g/mol. The minimum Gasteiger partial charge on any atom is -0.354 e. The van der Waals surface area contributed by atoms with E-state index in [1.807, 2.05) is 37.3 Å². The Balaban J connectivity index is 1.62. The van der Waals surface area contributed by atoms with Gasteiger partial charge in [0.1, 0.15) is 11.6 Å². The molecule has 1 aromatic heterocycles. The van der Waals surface area contributed by atoms with Gasteiger partial charge in [0.2, 0.25) is 5.95 Å². The van der Waals surface area contributed by atoms with Crippen molar-refractivity contribution in [2.75, 3.05) is 17.2 Å². The Morgan fingerprint density at radius 1 is 1.00 bits per heavy atom. The third-order valence-corrected chi connectivity index (χ3v) is 3.83. The second kappa shape index (κ2) is 7.94. The van der Waals surface area contributed by atoms with Crippen LogP contribution in [0.1, 0.15) is 11.3 Å². The van der Waals surface area contributed by atoms with E-state index in [2.05, 4.69) is 20.6 Å². The fourth-order valence-electron chi connectivity index (χ4n) is 2.36. The zero-order chi connectivity index (χ0) is 17.6. The summed E-state index contributed by atoms with van der Waals surface area (Å²) in [6, 6.07) is 15.8. The van der Waals surface area contributed by atoms with E-state index in [1.54, 1.807) is 12.1 Å². The Kier molecular flexibility index (Phi) is 5.46. The lowest BCUT2D eigenvalue weighted by Crippen LogP contribution is -2.09. The van der Waals surface area contributed by atoms with Gasteiger partial charge in [-0.3, -0.25) is 0 Å². The number of nitrogens with zero attached hydrogens (tertiary/aromatic N) is 2. The molecule has 0 radical (unpaired) electrons. The Bertz CT molecular complexity index is 835. The SMILES string of the molecule is Cc1cc(Nc2ccc(Cl)cc2)nc(NCCc2ccc(F)cc2)n1. The number of hydrogen-bond donors (Lipinski definition) is 2. The molecule has 0 fully saturated rings. The molecule has 128 valence electrons. The van der Waals surface area contributed by atoms with Crippen molar-refractivity contribution in [3.8, 4) is 0 Å². The lowest BCUT2D eigenvalue weighted by atomic mass is 10.1. The smallest absolute Gasteiger partial charge is 0.224 e. The monoisotopic (exact) mass is 356 g/mol. The van der Waals surface area contributed by atoms with Gasteiger partial charge in [0, 0.05) is 29.0 Å². The van der Waals surface area contributed by atoms with Crippen LogP contribution in [0, 0.1) is 12.7 Å². The van der Waals surface area contributed by atoms with Crippen molar-refractivity contribution in [2.45, 2.75) is 13.3 Å². The van der Waals surface area contributed by atoms with E-state index in [1.165, 1.54) is 12.1 Å². The van der Waals surface area contributed by atoms with E-state index in [9.17, 15) is 4.39 Å². The van der Waals surface area contributed by atoms with E-state index < -0.39 is 0 Å². The van der Waals surface area contributed by atoms with Crippen molar-refractivity contribution in [3.63, 3.8) is 0 Å². The predicted octanol–water partition coefficient (Wildman–Crippen LogP) is 4.98. The summed E-state index contributed by atoms with van der Waals surface area (Å²) in [7, 11) is 0. The molecule has 0 aliphatic carbocycles. The van der Waals surface area contributed by atoms with Crippen LogP contribution in [0.15, 0.2) is 54.6 Å². The van der Waals surface area contributed by atoms with Crippen molar-refractivity contribution in [1.29, 1.82) is 0 Å². The van der Waals surface area contributed by atoms with Crippen molar-refractivity contribution >= 4 is 29.1 Å². The highest BCUT2D eigenvalue weighted by Crippen LogP contribution is 2.19. The van der Waals surface area contributed by atoms with Gasteiger partial charge in [0.25, 0.3) is 0 Å². The number of halogens is 2. The molecule has 3 aromatic rings. The predicted molar refractivity (Wildman–Crippen MR) is 100 cm³/mol. The molecule has 0 bridgehead atoms. The Hall–Kier alpha value is -2.66. The lowest BCUT2D eigenvalue weighted by Gasteiger charge is -2.10. The molecule has 2 N–H and O–H groups in total. The van der Waals surface area contributed by atoms with Crippen LogP contribution in [0.5, 0.6) is 0 Å². The summed E-state index contributed by atoms with van der Waals surface area (Å²) in [5.41, 5.74) is 2.82. The summed E-state index contributed by atoms with van der Waals surface area (Å²) in [6.45, 7) is 2.58. The average molecular weight is 357 g/mol. The van der Waals surface area contributed by atoms with Crippen molar-refractivity contribution in [2.24, 2.45) is 0 Å². The summed E-state index contributed by atoms with van der Waals surface area (Å²) >= 11 is 5.90. The first-order valence-corrected chi connectivity index (χ1v) is 8.33. The van der Waals surface area contributed by atoms with Crippen LogP contribution in [-0.2, 0) is 6.42 Å². The highest BCUT2D eigenvalue weighted by atomic mass is 35.5. The molecule has 0 aliphatic heterocycles. The van der Waals surface area contributed by atoms with Crippen LogP contribution >= 0.6 is 11.6 Å². The van der Waals surface area contributed by atoms with Crippen LogP contribution in [0.2, 0.25) is 5.02 Å². The largest absolute Gasteiger partial charge is 0.354 e. The van der Waals surface area contributed by atoms with Crippen molar-refractivity contribution < 1.29 is 4.39 Å². The first kappa shape index (κ1) is 17.2. The highest BCUT2D eigenvalue weighted by Gasteiger charge is 2.03. The van der Waals surface area contributed by atoms with E-state index in [4.69, 9.17) is 11.6 Å². The third kappa shape index (κ3) is 5.16. The molecule has 0 aliphatic rings. The first-order valence-electron chi connectivity index (χ1n) is 7.95. The maximum absolute atomic E-state index is 12.9. The molecule has 4 nitrogen and oxygen atoms in total. The lowest BCUT2D eigenvalue weighted by molar-refractivity contribution is 0.627. The number of benzene rings is 2. The number of hydrogen-bond acceptors (Lipinski definition) is 4. The molecule has 1 heterocycles. The molecule has 3 rings (SSSR count). The van der Waals surface area contributed by atoms with Crippen LogP contribution in [0.25, 0.3) is 0 Å². The second-order valence-corrected chi connectivity index (χ2v) is 6.09. The van der Waals surface area contributed by atoms with Crippen LogP contribution in [-0.4, -0.2) is 16.5 Å². The minimum absolute atomic E-state index is 0.225. The Morgan fingerprint density at radius 3 is 2.44 bits per heavy atom. The number of aryl methyl sites for hydroxylation is 1. The van der Waals surface area contributed by atoms with Gasteiger partial charge in [0.15, 0.2) is 0 Å². The number of rotatable bonds is 6. The van der Waals surface area contributed by atoms with Gasteiger partial charge in [-0.25, -0.2) is 9.37 Å². The van der Waals surface area contributed by atoms with Crippen LogP contribution in [0.3, 0.4) is 0 Å². The Labute approximate surface area is 151 Å². The summed E-state index contributed by atoms with van der Waals surface area (Å²) in [6.07, 6.45) is 0.761. The molecule has 25 heavy (non-hydrogen) atoms.